The van der Waals surface area contributed by atoms with E-state index in [1.54, 1.807) is 36.4 Å². The number of nitrogens with one attached hydrogen (secondary N) is 2. The van der Waals surface area contributed by atoms with Crippen molar-refractivity contribution in [2.24, 2.45) is 0 Å². The van der Waals surface area contributed by atoms with Crippen molar-refractivity contribution in [3.05, 3.63) is 113 Å². The number of rotatable bonds is 9. The molecule has 4 aromatic rings. The van der Waals surface area contributed by atoms with Gasteiger partial charge in [-0.15, -0.1) is 0 Å². The van der Waals surface area contributed by atoms with E-state index in [2.05, 4.69) is 10.0 Å². The molecule has 4 rings (SSSR count). The first-order valence-electron chi connectivity index (χ1n) is 12.5. The van der Waals surface area contributed by atoms with Crippen LogP contribution in [0.3, 0.4) is 0 Å². The Hall–Kier alpha value is -4.15. The summed E-state index contributed by atoms with van der Waals surface area (Å²) in [6.07, 6.45) is 0. The number of sulfonamides is 2. The average Bonchev–Trinajstić information content (AvgIpc) is 2.89. The van der Waals surface area contributed by atoms with Gasteiger partial charge in [0.2, 0.25) is 5.91 Å². The Bertz CT molecular complexity index is 1730. The van der Waals surface area contributed by atoms with Gasteiger partial charge in [-0.05, 0) is 105 Å². The molecular formula is C30H31N3O5S2. The van der Waals surface area contributed by atoms with Gasteiger partial charge in [0.25, 0.3) is 20.0 Å². The fraction of sp³-hybridized carbons (Fsp3) is 0.167. The molecule has 208 valence electrons. The second kappa shape index (κ2) is 11.5. The summed E-state index contributed by atoms with van der Waals surface area (Å²) in [4.78, 5) is 13.2. The van der Waals surface area contributed by atoms with E-state index < -0.39 is 32.5 Å². The monoisotopic (exact) mass is 577 g/mol. The number of nitrogens with zero attached hydrogens (tertiary/aromatic N) is 1. The molecule has 0 unspecified atom stereocenters. The Balaban J connectivity index is 1.55. The maximum atomic E-state index is 13.6. The molecule has 8 nitrogen and oxygen atoms in total. The second-order valence-electron chi connectivity index (χ2n) is 9.67. The van der Waals surface area contributed by atoms with Crippen molar-refractivity contribution in [1.82, 2.24) is 0 Å². The molecular weight excluding hydrogens is 546 g/mol. The van der Waals surface area contributed by atoms with Crippen LogP contribution in [0.15, 0.2) is 101 Å². The van der Waals surface area contributed by atoms with Crippen LogP contribution < -0.4 is 14.3 Å². The molecule has 2 N–H and O–H groups in total. The van der Waals surface area contributed by atoms with Gasteiger partial charge in [0.05, 0.1) is 21.2 Å². The molecule has 0 saturated carbocycles. The lowest BCUT2D eigenvalue weighted by Crippen LogP contribution is -2.38. The first kappa shape index (κ1) is 28.8. The Morgan fingerprint density at radius 1 is 0.700 bits per heavy atom. The third-order valence-corrected chi connectivity index (χ3v) is 9.37. The van der Waals surface area contributed by atoms with Gasteiger partial charge in [-0.25, -0.2) is 16.8 Å². The predicted molar refractivity (Wildman–Crippen MR) is 159 cm³/mol. The molecule has 40 heavy (non-hydrogen) atoms. The molecule has 10 heteroatoms. The molecule has 0 heterocycles. The van der Waals surface area contributed by atoms with Crippen molar-refractivity contribution in [1.29, 1.82) is 0 Å². The van der Waals surface area contributed by atoms with Gasteiger partial charge in [0, 0.05) is 5.69 Å². The minimum Gasteiger partial charge on any atom is -0.325 e. The third kappa shape index (κ3) is 6.70. The number of hydrogen-bond acceptors (Lipinski definition) is 5. The maximum absolute atomic E-state index is 13.6. The SMILES string of the molecule is Cc1cc(C)cc(N(CC(=O)Nc2ccc(S(=O)(=O)Nc3cc(C)ccc3C)cc2)S(=O)(=O)c2ccccc2)c1. The molecule has 4 aromatic carbocycles. The van der Waals surface area contributed by atoms with E-state index in [0.29, 0.717) is 17.1 Å². The minimum absolute atomic E-state index is 0.0231. The predicted octanol–water partition coefficient (Wildman–Crippen LogP) is 5.56. The van der Waals surface area contributed by atoms with E-state index in [9.17, 15) is 21.6 Å². The number of amides is 1. The number of benzene rings is 4. The zero-order chi connectivity index (χ0) is 29.1. The molecule has 0 aliphatic heterocycles. The molecule has 0 spiro atoms. The molecule has 0 saturated heterocycles. The summed E-state index contributed by atoms with van der Waals surface area (Å²) in [5, 5.41) is 2.68. The number of carbonyl (C=O) groups is 1. The van der Waals surface area contributed by atoms with Crippen LogP contribution in [0.25, 0.3) is 0 Å². The Kier molecular flexibility index (Phi) is 8.32. The highest BCUT2D eigenvalue weighted by molar-refractivity contribution is 7.93. The summed E-state index contributed by atoms with van der Waals surface area (Å²) in [6.45, 7) is 6.92. The summed E-state index contributed by atoms with van der Waals surface area (Å²) in [5.74, 6) is -0.581. The lowest BCUT2D eigenvalue weighted by atomic mass is 10.1. The molecule has 0 radical (unpaired) electrons. The van der Waals surface area contributed by atoms with Gasteiger partial charge in [0.15, 0.2) is 0 Å². The Morgan fingerprint density at radius 3 is 1.95 bits per heavy atom. The van der Waals surface area contributed by atoms with Gasteiger partial charge >= 0.3 is 0 Å². The lowest BCUT2D eigenvalue weighted by Gasteiger charge is -2.25. The molecule has 0 atom stereocenters. The highest BCUT2D eigenvalue weighted by atomic mass is 32.2. The van der Waals surface area contributed by atoms with E-state index in [1.165, 1.54) is 36.4 Å². The van der Waals surface area contributed by atoms with Crippen LogP contribution >= 0.6 is 0 Å². The van der Waals surface area contributed by atoms with E-state index in [4.69, 9.17) is 0 Å². The van der Waals surface area contributed by atoms with Crippen LogP contribution in [0.2, 0.25) is 0 Å². The van der Waals surface area contributed by atoms with Crippen molar-refractivity contribution < 1.29 is 21.6 Å². The van der Waals surface area contributed by atoms with Crippen LogP contribution in [-0.2, 0) is 24.8 Å². The molecule has 0 bridgehead atoms. The van der Waals surface area contributed by atoms with Gasteiger partial charge in [-0.2, -0.15) is 0 Å². The van der Waals surface area contributed by atoms with E-state index in [-0.39, 0.29) is 9.79 Å². The molecule has 1 amide bonds. The number of anilines is 3. The van der Waals surface area contributed by atoms with Gasteiger partial charge in [0.1, 0.15) is 6.54 Å². The van der Waals surface area contributed by atoms with Crippen LogP contribution in [0.1, 0.15) is 22.3 Å². The van der Waals surface area contributed by atoms with Crippen LogP contribution in [-0.4, -0.2) is 29.3 Å². The van der Waals surface area contributed by atoms with Crippen molar-refractivity contribution >= 4 is 43.0 Å². The van der Waals surface area contributed by atoms with Gasteiger partial charge in [-0.3, -0.25) is 13.8 Å². The quantitative estimate of drug-likeness (QED) is 0.271. The summed E-state index contributed by atoms with van der Waals surface area (Å²) < 4.78 is 56.7. The standard InChI is InChI=1S/C30H31N3O5S2/c1-21-10-11-24(4)29(19-21)32-39(35,36)27-14-12-25(13-15-27)31-30(34)20-33(26-17-22(2)16-23(3)18-26)40(37,38)28-8-6-5-7-9-28/h5-19,32H,20H2,1-4H3,(H,31,34). The number of aryl methyl sites for hydroxylation is 4. The van der Waals surface area contributed by atoms with Crippen molar-refractivity contribution in [3.63, 3.8) is 0 Å². The topological polar surface area (TPSA) is 113 Å². The summed E-state index contributed by atoms with van der Waals surface area (Å²) in [7, 11) is -7.91. The summed E-state index contributed by atoms with van der Waals surface area (Å²) in [6, 6.07) is 24.4. The van der Waals surface area contributed by atoms with Crippen molar-refractivity contribution in [2.75, 3.05) is 20.9 Å². The molecule has 0 aliphatic carbocycles. The Morgan fingerprint density at radius 2 is 1.32 bits per heavy atom. The largest absolute Gasteiger partial charge is 0.325 e. The lowest BCUT2D eigenvalue weighted by molar-refractivity contribution is -0.114. The van der Waals surface area contributed by atoms with E-state index in [1.807, 2.05) is 45.9 Å². The highest BCUT2D eigenvalue weighted by Crippen LogP contribution is 2.26. The summed E-state index contributed by atoms with van der Waals surface area (Å²) >= 11 is 0. The first-order valence-corrected chi connectivity index (χ1v) is 15.4. The second-order valence-corrected chi connectivity index (χ2v) is 13.2. The minimum atomic E-state index is -4.05. The van der Waals surface area contributed by atoms with Gasteiger partial charge < -0.3 is 5.32 Å². The van der Waals surface area contributed by atoms with Crippen LogP contribution in [0, 0.1) is 27.7 Å². The fourth-order valence-electron chi connectivity index (χ4n) is 4.23. The Labute approximate surface area is 235 Å². The van der Waals surface area contributed by atoms with Crippen molar-refractivity contribution in [3.8, 4) is 0 Å². The van der Waals surface area contributed by atoms with E-state index >= 15 is 0 Å². The smallest absolute Gasteiger partial charge is 0.264 e. The highest BCUT2D eigenvalue weighted by Gasteiger charge is 2.27. The molecule has 0 fully saturated rings. The van der Waals surface area contributed by atoms with Gasteiger partial charge in [-0.1, -0.05) is 36.4 Å². The zero-order valence-corrected chi connectivity index (χ0v) is 24.3. The summed E-state index contributed by atoms with van der Waals surface area (Å²) in [5.41, 5.74) is 4.61. The average molecular weight is 578 g/mol. The van der Waals surface area contributed by atoms with Crippen molar-refractivity contribution in [2.45, 2.75) is 37.5 Å². The normalized spacial score (nSPS) is 11.6. The maximum Gasteiger partial charge on any atom is 0.264 e. The molecule has 0 aliphatic rings. The first-order chi connectivity index (χ1) is 18.8. The number of hydrogen-bond donors (Lipinski definition) is 2. The van der Waals surface area contributed by atoms with Crippen LogP contribution in [0.5, 0.6) is 0 Å². The van der Waals surface area contributed by atoms with E-state index in [0.717, 1.165) is 26.6 Å². The van der Waals surface area contributed by atoms with Crippen LogP contribution in [0.4, 0.5) is 17.1 Å². The number of carbonyl (C=O) groups excluding carboxylic acids is 1. The third-order valence-electron chi connectivity index (χ3n) is 6.20. The fourth-order valence-corrected chi connectivity index (χ4v) is 6.77. The zero-order valence-electron chi connectivity index (χ0n) is 22.7. The molecule has 0 aromatic heterocycles.